The Balaban J connectivity index is 1.78. The zero-order valence-electron chi connectivity index (χ0n) is 17.9. The fourth-order valence-electron chi connectivity index (χ4n) is 3.95. The molecular weight excluding hydrogens is 406 g/mol. The molecule has 0 spiro atoms. The molecule has 1 unspecified atom stereocenters. The average Bonchev–Trinajstić information content (AvgIpc) is 3.35. The van der Waals surface area contributed by atoms with E-state index in [1.165, 1.54) is 0 Å². The minimum atomic E-state index is -0.734. The van der Waals surface area contributed by atoms with Crippen LogP contribution in [0.3, 0.4) is 0 Å². The second kappa shape index (κ2) is 9.14. The molecule has 164 valence electrons. The van der Waals surface area contributed by atoms with Gasteiger partial charge in [0.25, 0.3) is 5.91 Å². The van der Waals surface area contributed by atoms with E-state index in [1.807, 2.05) is 31.2 Å². The van der Waals surface area contributed by atoms with Crippen LogP contribution in [0.4, 0.5) is 0 Å². The summed E-state index contributed by atoms with van der Waals surface area (Å²) in [5, 5.41) is 11.5. The molecule has 0 radical (unpaired) electrons. The van der Waals surface area contributed by atoms with E-state index in [-0.39, 0.29) is 11.3 Å². The molecule has 1 aromatic heterocycles. The number of rotatable bonds is 9. The molecule has 1 atom stereocenters. The number of unbranched alkanes of at least 4 members (excludes halogenated alkanes) is 1. The number of benzene rings is 2. The number of fused-ring (bicyclic) bond motifs is 1. The number of hydrogen-bond acceptors (Lipinski definition) is 5. The molecule has 4 rings (SSSR count). The van der Waals surface area contributed by atoms with Gasteiger partial charge < -0.3 is 19.2 Å². The summed E-state index contributed by atoms with van der Waals surface area (Å²) < 4.78 is 11.4. The van der Waals surface area contributed by atoms with E-state index in [0.29, 0.717) is 30.0 Å². The standard InChI is InChI=1S/C26H25NO5/c1-3-5-13-27-23(18-10-8-11-19(15-18)31-14-4-2)22(25(29)26(27)30)24(28)21-16-17-9-6-7-12-20(17)32-21/h4,6-12,15-16,23,29H,2-3,5,13-14H2,1H3. The average molecular weight is 431 g/mol. The lowest BCUT2D eigenvalue weighted by Crippen LogP contribution is -2.32. The van der Waals surface area contributed by atoms with Gasteiger partial charge in [-0.2, -0.15) is 0 Å². The molecule has 6 nitrogen and oxygen atoms in total. The third-order valence-corrected chi connectivity index (χ3v) is 5.49. The van der Waals surface area contributed by atoms with Gasteiger partial charge >= 0.3 is 0 Å². The van der Waals surface area contributed by atoms with Crippen molar-refractivity contribution in [1.82, 2.24) is 4.90 Å². The lowest BCUT2D eigenvalue weighted by molar-refractivity contribution is -0.129. The second-order valence-electron chi connectivity index (χ2n) is 7.67. The molecule has 32 heavy (non-hydrogen) atoms. The van der Waals surface area contributed by atoms with Crippen molar-refractivity contribution >= 4 is 22.7 Å². The summed E-state index contributed by atoms with van der Waals surface area (Å²) in [5.74, 6) is -0.920. The van der Waals surface area contributed by atoms with Crippen LogP contribution in [0.25, 0.3) is 11.0 Å². The Kier molecular flexibility index (Phi) is 6.12. The summed E-state index contributed by atoms with van der Waals surface area (Å²) >= 11 is 0. The number of aliphatic hydroxyl groups excluding tert-OH is 1. The van der Waals surface area contributed by atoms with Crippen molar-refractivity contribution in [3.8, 4) is 5.75 Å². The third kappa shape index (κ3) is 3.91. The molecule has 0 saturated heterocycles. The number of carbonyl (C=O) groups excluding carboxylic acids is 2. The molecule has 3 aromatic rings. The van der Waals surface area contributed by atoms with Gasteiger partial charge in [0, 0.05) is 11.9 Å². The Morgan fingerprint density at radius 2 is 2.03 bits per heavy atom. The quantitative estimate of drug-likeness (QED) is 0.364. The Morgan fingerprint density at radius 1 is 1.22 bits per heavy atom. The maximum atomic E-state index is 13.5. The number of hydrogen-bond donors (Lipinski definition) is 1. The maximum absolute atomic E-state index is 13.5. The van der Waals surface area contributed by atoms with Gasteiger partial charge in [0.1, 0.15) is 17.9 Å². The predicted molar refractivity (Wildman–Crippen MR) is 122 cm³/mol. The van der Waals surface area contributed by atoms with Crippen molar-refractivity contribution in [1.29, 1.82) is 0 Å². The highest BCUT2D eigenvalue weighted by Gasteiger charge is 2.44. The first-order valence-electron chi connectivity index (χ1n) is 10.7. The molecular formula is C26H25NO5. The van der Waals surface area contributed by atoms with Crippen LogP contribution in [-0.4, -0.2) is 34.8 Å². The molecule has 1 aliphatic rings. The van der Waals surface area contributed by atoms with E-state index < -0.39 is 23.5 Å². The zero-order chi connectivity index (χ0) is 22.7. The lowest BCUT2D eigenvalue weighted by Gasteiger charge is -2.26. The number of furan rings is 1. The largest absolute Gasteiger partial charge is 0.503 e. The number of nitrogens with zero attached hydrogens (tertiary/aromatic N) is 1. The first-order valence-corrected chi connectivity index (χ1v) is 10.7. The fraction of sp³-hybridized carbons (Fsp3) is 0.231. The van der Waals surface area contributed by atoms with Crippen molar-refractivity contribution in [3.05, 3.63) is 89.9 Å². The monoisotopic (exact) mass is 431 g/mol. The van der Waals surface area contributed by atoms with Crippen LogP contribution in [0.5, 0.6) is 5.75 Å². The molecule has 0 fully saturated rings. The molecule has 2 heterocycles. The summed E-state index contributed by atoms with van der Waals surface area (Å²) in [5.41, 5.74) is 1.27. The first-order chi connectivity index (χ1) is 15.5. The molecule has 1 N–H and O–H groups in total. The number of ketones is 1. The van der Waals surface area contributed by atoms with E-state index in [9.17, 15) is 14.7 Å². The van der Waals surface area contributed by atoms with Crippen molar-refractivity contribution in [3.63, 3.8) is 0 Å². The van der Waals surface area contributed by atoms with Crippen molar-refractivity contribution in [2.24, 2.45) is 0 Å². The van der Waals surface area contributed by atoms with Crippen LogP contribution in [0.15, 0.2) is 83.0 Å². The van der Waals surface area contributed by atoms with Gasteiger partial charge in [-0.3, -0.25) is 9.59 Å². The number of para-hydroxylation sites is 1. The van der Waals surface area contributed by atoms with Crippen LogP contribution in [0.2, 0.25) is 0 Å². The van der Waals surface area contributed by atoms with E-state index in [2.05, 4.69) is 6.58 Å². The van der Waals surface area contributed by atoms with Gasteiger partial charge in [-0.05, 0) is 36.2 Å². The van der Waals surface area contributed by atoms with Gasteiger partial charge in [-0.25, -0.2) is 0 Å². The second-order valence-corrected chi connectivity index (χ2v) is 7.67. The van der Waals surface area contributed by atoms with Gasteiger partial charge in [0.15, 0.2) is 11.5 Å². The van der Waals surface area contributed by atoms with Crippen molar-refractivity contribution in [2.75, 3.05) is 13.2 Å². The van der Waals surface area contributed by atoms with E-state index >= 15 is 0 Å². The molecule has 0 saturated carbocycles. The van der Waals surface area contributed by atoms with Crippen LogP contribution >= 0.6 is 0 Å². The number of aliphatic hydroxyl groups is 1. The summed E-state index contributed by atoms with van der Waals surface area (Å²) in [6, 6.07) is 15.4. The summed E-state index contributed by atoms with van der Waals surface area (Å²) in [7, 11) is 0. The molecule has 0 bridgehead atoms. The number of amides is 1. The third-order valence-electron chi connectivity index (χ3n) is 5.49. The number of carbonyl (C=O) groups is 2. The fourth-order valence-corrected chi connectivity index (χ4v) is 3.95. The Hall–Kier alpha value is -3.80. The van der Waals surface area contributed by atoms with Crippen LogP contribution in [0, 0.1) is 0 Å². The van der Waals surface area contributed by atoms with Crippen molar-refractivity contribution in [2.45, 2.75) is 25.8 Å². The minimum absolute atomic E-state index is 0.0195. The SMILES string of the molecule is C=CCOc1cccc(C2C(C(=O)c3cc4ccccc4o3)=C(O)C(=O)N2CCCC)c1. The molecule has 6 heteroatoms. The first kappa shape index (κ1) is 21.4. The molecule has 1 amide bonds. The minimum Gasteiger partial charge on any atom is -0.503 e. The smallest absolute Gasteiger partial charge is 0.290 e. The van der Waals surface area contributed by atoms with Crippen LogP contribution in [-0.2, 0) is 4.79 Å². The highest BCUT2D eigenvalue weighted by atomic mass is 16.5. The summed E-state index contributed by atoms with van der Waals surface area (Å²) in [6.45, 7) is 6.42. The number of ether oxygens (including phenoxy) is 1. The molecule has 2 aromatic carbocycles. The Morgan fingerprint density at radius 3 is 2.78 bits per heavy atom. The highest BCUT2D eigenvalue weighted by molar-refractivity contribution is 6.16. The van der Waals surface area contributed by atoms with Crippen LogP contribution < -0.4 is 4.74 Å². The van der Waals surface area contributed by atoms with Gasteiger partial charge in [0.05, 0.1) is 11.6 Å². The van der Waals surface area contributed by atoms with Gasteiger partial charge in [-0.15, -0.1) is 0 Å². The lowest BCUT2D eigenvalue weighted by atomic mass is 9.94. The van der Waals surface area contributed by atoms with E-state index in [0.717, 1.165) is 18.2 Å². The predicted octanol–water partition coefficient (Wildman–Crippen LogP) is 5.38. The molecule has 1 aliphatic heterocycles. The normalized spacial score (nSPS) is 16.1. The summed E-state index contributed by atoms with van der Waals surface area (Å²) in [6.07, 6.45) is 3.25. The number of Topliss-reactive ketones (excluding diaryl/α,β-unsaturated/α-hetero) is 1. The maximum Gasteiger partial charge on any atom is 0.290 e. The molecule has 0 aliphatic carbocycles. The Labute approximate surface area is 186 Å². The van der Waals surface area contributed by atoms with Gasteiger partial charge in [0.2, 0.25) is 5.78 Å². The highest BCUT2D eigenvalue weighted by Crippen LogP contribution is 2.40. The van der Waals surface area contributed by atoms with E-state index in [1.54, 1.807) is 41.3 Å². The van der Waals surface area contributed by atoms with Crippen LogP contribution in [0.1, 0.15) is 41.9 Å². The van der Waals surface area contributed by atoms with Gasteiger partial charge in [-0.1, -0.05) is 56.3 Å². The van der Waals surface area contributed by atoms with E-state index in [4.69, 9.17) is 9.15 Å². The Bertz CT molecular complexity index is 1170. The zero-order valence-corrected chi connectivity index (χ0v) is 17.9. The van der Waals surface area contributed by atoms with Crippen molar-refractivity contribution < 1.29 is 23.8 Å². The summed E-state index contributed by atoms with van der Waals surface area (Å²) in [4.78, 5) is 28.0. The topological polar surface area (TPSA) is 80.0 Å².